The van der Waals surface area contributed by atoms with Gasteiger partial charge in [-0.15, -0.1) is 0 Å². The van der Waals surface area contributed by atoms with Crippen molar-refractivity contribution in [2.45, 2.75) is 25.9 Å². The molecule has 0 unspecified atom stereocenters. The van der Waals surface area contributed by atoms with Gasteiger partial charge in [-0.25, -0.2) is 0 Å². The van der Waals surface area contributed by atoms with Crippen LogP contribution in [0.4, 0.5) is 11.4 Å². The first-order valence-corrected chi connectivity index (χ1v) is 5.74. The Bertz CT molecular complexity index is 587. The number of carbonyl (C=O) groups is 2. The van der Waals surface area contributed by atoms with Crippen LogP contribution in [0.25, 0.3) is 0 Å². The zero-order valence-electron chi connectivity index (χ0n) is 10.6. The number of amides is 2. The van der Waals surface area contributed by atoms with Crippen molar-refractivity contribution in [2.24, 2.45) is 0 Å². The predicted octanol–water partition coefficient (Wildman–Crippen LogP) is 1.65. The van der Waals surface area contributed by atoms with Gasteiger partial charge in [0.25, 0.3) is 5.91 Å². The molecule has 0 saturated carbocycles. The Morgan fingerprint density at radius 1 is 1.53 bits per heavy atom. The van der Waals surface area contributed by atoms with Gasteiger partial charge >= 0.3 is 0 Å². The van der Waals surface area contributed by atoms with Crippen molar-refractivity contribution in [3.05, 3.63) is 18.2 Å². The topological polar surface area (TPSA) is 91.2 Å². The summed E-state index contributed by atoms with van der Waals surface area (Å²) < 4.78 is 5.56. The van der Waals surface area contributed by atoms with E-state index in [9.17, 15) is 9.59 Å². The fraction of sp³-hybridized carbons (Fsp3) is 0.308. The number of hydrogen-bond acceptors (Lipinski definition) is 4. The Labute approximate surface area is 110 Å². The van der Waals surface area contributed by atoms with Crippen molar-refractivity contribution >= 4 is 23.2 Å². The van der Waals surface area contributed by atoms with Gasteiger partial charge < -0.3 is 15.4 Å². The van der Waals surface area contributed by atoms with Crippen molar-refractivity contribution in [2.75, 3.05) is 10.6 Å². The van der Waals surface area contributed by atoms with Crippen LogP contribution < -0.4 is 15.4 Å². The highest BCUT2D eigenvalue weighted by Gasteiger charge is 2.35. The second-order valence-corrected chi connectivity index (χ2v) is 4.66. The third-order valence-electron chi connectivity index (χ3n) is 2.66. The lowest BCUT2D eigenvalue weighted by atomic mass is 10.1. The smallest absolute Gasteiger partial charge is 0.268 e. The molecule has 0 aliphatic carbocycles. The normalized spacial score (nSPS) is 15.5. The van der Waals surface area contributed by atoms with E-state index in [0.29, 0.717) is 17.1 Å². The van der Waals surface area contributed by atoms with Crippen LogP contribution in [0.15, 0.2) is 18.2 Å². The Kier molecular flexibility index (Phi) is 3.13. The zero-order chi connectivity index (χ0) is 14.0. The van der Waals surface area contributed by atoms with E-state index in [1.165, 1.54) is 0 Å². The molecule has 98 valence electrons. The standard InChI is InChI=1S/C13H13N3O3/c1-13(2)12(18)16-9-7-8(3-4-10(9)19-13)15-11(17)5-6-14/h3-4,7H,5H2,1-2H3,(H,15,17)(H,16,18). The summed E-state index contributed by atoms with van der Waals surface area (Å²) in [6.07, 6.45) is -0.215. The van der Waals surface area contributed by atoms with Crippen LogP contribution in [0.2, 0.25) is 0 Å². The van der Waals surface area contributed by atoms with Crippen LogP contribution in [0.3, 0.4) is 0 Å². The van der Waals surface area contributed by atoms with Crippen molar-refractivity contribution in [3.8, 4) is 11.8 Å². The number of benzene rings is 1. The van der Waals surface area contributed by atoms with Crippen LogP contribution in [-0.2, 0) is 9.59 Å². The summed E-state index contributed by atoms with van der Waals surface area (Å²) >= 11 is 0. The van der Waals surface area contributed by atoms with E-state index in [2.05, 4.69) is 10.6 Å². The fourth-order valence-electron chi connectivity index (χ4n) is 1.67. The third kappa shape index (κ3) is 2.65. The Hall–Kier alpha value is -2.55. The summed E-state index contributed by atoms with van der Waals surface area (Å²) in [5, 5.41) is 13.7. The van der Waals surface area contributed by atoms with Crippen LogP contribution in [0, 0.1) is 11.3 Å². The lowest BCUT2D eigenvalue weighted by Gasteiger charge is -2.31. The van der Waals surface area contributed by atoms with E-state index < -0.39 is 11.5 Å². The fourth-order valence-corrected chi connectivity index (χ4v) is 1.67. The molecule has 2 rings (SSSR count). The average Bonchev–Trinajstić information content (AvgIpc) is 2.31. The molecule has 0 aromatic heterocycles. The molecule has 0 atom stereocenters. The van der Waals surface area contributed by atoms with Gasteiger partial charge in [0.05, 0.1) is 11.8 Å². The second kappa shape index (κ2) is 4.61. The molecule has 1 heterocycles. The first-order valence-electron chi connectivity index (χ1n) is 5.74. The van der Waals surface area contributed by atoms with Gasteiger partial charge in [-0.05, 0) is 32.0 Å². The molecule has 6 nitrogen and oxygen atoms in total. The molecule has 0 radical (unpaired) electrons. The zero-order valence-corrected chi connectivity index (χ0v) is 10.6. The Balaban J connectivity index is 2.22. The molecular formula is C13H13N3O3. The first-order chi connectivity index (χ1) is 8.92. The molecule has 1 aromatic rings. The van der Waals surface area contributed by atoms with E-state index in [1.807, 2.05) is 0 Å². The maximum atomic E-state index is 11.7. The van der Waals surface area contributed by atoms with Gasteiger partial charge in [0.15, 0.2) is 5.60 Å². The minimum Gasteiger partial charge on any atom is -0.476 e. The summed E-state index contributed by atoms with van der Waals surface area (Å²) in [6, 6.07) is 6.68. The number of rotatable bonds is 2. The molecule has 0 bridgehead atoms. The monoisotopic (exact) mass is 259 g/mol. The van der Waals surface area contributed by atoms with E-state index in [-0.39, 0.29) is 12.3 Å². The SMILES string of the molecule is CC1(C)Oc2ccc(NC(=O)CC#N)cc2NC1=O. The molecular weight excluding hydrogens is 246 g/mol. The molecule has 1 aromatic carbocycles. The highest BCUT2D eigenvalue weighted by atomic mass is 16.5. The van der Waals surface area contributed by atoms with Gasteiger partial charge in [-0.1, -0.05) is 0 Å². The number of anilines is 2. The molecule has 0 saturated heterocycles. The molecule has 1 aliphatic rings. The van der Waals surface area contributed by atoms with E-state index >= 15 is 0 Å². The van der Waals surface area contributed by atoms with Crippen molar-refractivity contribution in [1.82, 2.24) is 0 Å². The quantitative estimate of drug-likeness (QED) is 0.844. The highest BCUT2D eigenvalue weighted by Crippen LogP contribution is 2.35. The summed E-state index contributed by atoms with van der Waals surface area (Å²) in [6.45, 7) is 3.35. The number of ether oxygens (including phenoxy) is 1. The van der Waals surface area contributed by atoms with E-state index in [0.717, 1.165) is 0 Å². The number of carbonyl (C=O) groups excluding carboxylic acids is 2. The molecule has 1 aliphatic heterocycles. The van der Waals surface area contributed by atoms with Gasteiger partial charge in [0, 0.05) is 5.69 Å². The first kappa shape index (κ1) is 12.9. The minimum atomic E-state index is -0.918. The largest absolute Gasteiger partial charge is 0.476 e. The number of nitrogens with zero attached hydrogens (tertiary/aromatic N) is 1. The lowest BCUT2D eigenvalue weighted by Crippen LogP contribution is -2.45. The molecule has 0 spiro atoms. The number of nitriles is 1. The Morgan fingerprint density at radius 3 is 2.95 bits per heavy atom. The maximum absolute atomic E-state index is 11.7. The summed E-state index contributed by atoms with van der Waals surface area (Å²) in [5.74, 6) is -0.103. The summed E-state index contributed by atoms with van der Waals surface area (Å²) in [5.41, 5.74) is 0.0835. The molecule has 6 heteroatoms. The van der Waals surface area contributed by atoms with E-state index in [1.54, 1.807) is 38.1 Å². The van der Waals surface area contributed by atoms with E-state index in [4.69, 9.17) is 10.00 Å². The van der Waals surface area contributed by atoms with Gasteiger partial charge in [0.1, 0.15) is 12.2 Å². The molecule has 19 heavy (non-hydrogen) atoms. The third-order valence-corrected chi connectivity index (χ3v) is 2.66. The lowest BCUT2D eigenvalue weighted by molar-refractivity contribution is -0.129. The molecule has 2 N–H and O–H groups in total. The van der Waals surface area contributed by atoms with Crippen molar-refractivity contribution in [3.63, 3.8) is 0 Å². The van der Waals surface area contributed by atoms with Crippen LogP contribution in [0.1, 0.15) is 20.3 Å². The maximum Gasteiger partial charge on any atom is 0.268 e. The number of fused-ring (bicyclic) bond motifs is 1. The summed E-state index contributed by atoms with van der Waals surface area (Å²) in [7, 11) is 0. The number of hydrogen-bond donors (Lipinski definition) is 2. The van der Waals surface area contributed by atoms with Gasteiger partial charge in [0.2, 0.25) is 5.91 Å². The van der Waals surface area contributed by atoms with Crippen LogP contribution in [0.5, 0.6) is 5.75 Å². The van der Waals surface area contributed by atoms with Gasteiger partial charge in [-0.2, -0.15) is 5.26 Å². The van der Waals surface area contributed by atoms with Crippen LogP contribution in [-0.4, -0.2) is 17.4 Å². The Morgan fingerprint density at radius 2 is 2.26 bits per heavy atom. The second-order valence-electron chi connectivity index (χ2n) is 4.66. The van der Waals surface area contributed by atoms with Gasteiger partial charge in [-0.3, -0.25) is 9.59 Å². The summed E-state index contributed by atoms with van der Waals surface area (Å²) in [4.78, 5) is 23.0. The minimum absolute atomic E-state index is 0.215. The highest BCUT2D eigenvalue weighted by molar-refractivity contribution is 6.01. The number of nitrogens with one attached hydrogen (secondary N) is 2. The van der Waals surface area contributed by atoms with Crippen LogP contribution >= 0.6 is 0 Å². The predicted molar refractivity (Wildman–Crippen MR) is 68.6 cm³/mol. The molecule has 2 amide bonds. The van der Waals surface area contributed by atoms with Crippen molar-refractivity contribution < 1.29 is 14.3 Å². The van der Waals surface area contributed by atoms with Crippen molar-refractivity contribution in [1.29, 1.82) is 5.26 Å². The molecule has 0 fully saturated rings. The average molecular weight is 259 g/mol.